The van der Waals surface area contributed by atoms with Gasteiger partial charge in [0.15, 0.2) is 6.79 Å². The molecule has 0 saturated carbocycles. The molecule has 2 rings (SSSR count). The van der Waals surface area contributed by atoms with Gasteiger partial charge in [-0.25, -0.2) is 0 Å². The number of ether oxygens (including phenoxy) is 2. The first-order chi connectivity index (χ1) is 8.72. The van der Waals surface area contributed by atoms with E-state index in [1.54, 1.807) is 7.11 Å². The molecule has 0 heterocycles. The van der Waals surface area contributed by atoms with E-state index in [-0.39, 0.29) is 12.9 Å². The van der Waals surface area contributed by atoms with Crippen molar-refractivity contribution in [1.29, 1.82) is 0 Å². The lowest BCUT2D eigenvalue weighted by atomic mass is 9.86. The van der Waals surface area contributed by atoms with Gasteiger partial charge >= 0.3 is 0 Å². The van der Waals surface area contributed by atoms with Gasteiger partial charge < -0.3 is 14.6 Å². The van der Waals surface area contributed by atoms with E-state index in [0.29, 0.717) is 0 Å². The van der Waals surface area contributed by atoms with Gasteiger partial charge in [-0.3, -0.25) is 0 Å². The van der Waals surface area contributed by atoms with Gasteiger partial charge in [0.05, 0.1) is 6.10 Å². The van der Waals surface area contributed by atoms with Gasteiger partial charge in [0.2, 0.25) is 0 Å². The van der Waals surface area contributed by atoms with E-state index in [1.807, 2.05) is 25.1 Å². The molecule has 0 unspecified atom stereocenters. The predicted molar refractivity (Wildman–Crippen MR) is 71.4 cm³/mol. The number of benzene rings is 1. The Bertz CT molecular complexity index is 437. The maximum absolute atomic E-state index is 9.91. The Balaban J connectivity index is 2.25. The Labute approximate surface area is 108 Å². The summed E-state index contributed by atoms with van der Waals surface area (Å²) >= 11 is 0. The predicted octanol–water partition coefficient (Wildman–Crippen LogP) is 2.99. The fourth-order valence-corrected chi connectivity index (χ4v) is 2.36. The molecule has 1 aliphatic rings. The summed E-state index contributed by atoms with van der Waals surface area (Å²) in [6, 6.07) is 7.96. The van der Waals surface area contributed by atoms with Gasteiger partial charge in [0.25, 0.3) is 0 Å². The summed E-state index contributed by atoms with van der Waals surface area (Å²) in [5, 5.41) is 9.91. The van der Waals surface area contributed by atoms with Crippen LogP contribution in [0.15, 0.2) is 29.8 Å². The molecule has 1 aliphatic carbocycles. The number of aliphatic hydroxyl groups is 1. The molecule has 0 amide bonds. The van der Waals surface area contributed by atoms with Crippen LogP contribution in [0.2, 0.25) is 0 Å². The smallest absolute Gasteiger partial charge is 0.188 e. The number of allylic oxidation sites excluding steroid dienone is 1. The molecule has 3 heteroatoms. The van der Waals surface area contributed by atoms with E-state index >= 15 is 0 Å². The lowest BCUT2D eigenvalue weighted by Gasteiger charge is -2.23. The number of rotatable bonds is 4. The second-order valence-electron chi connectivity index (χ2n) is 4.65. The molecule has 0 fully saturated rings. The molecule has 0 saturated heterocycles. The summed E-state index contributed by atoms with van der Waals surface area (Å²) < 4.78 is 10.3. The van der Waals surface area contributed by atoms with Crippen LogP contribution in [0.3, 0.4) is 0 Å². The quantitative estimate of drug-likeness (QED) is 0.832. The molecule has 18 heavy (non-hydrogen) atoms. The highest BCUT2D eigenvalue weighted by Crippen LogP contribution is 2.33. The van der Waals surface area contributed by atoms with Crippen molar-refractivity contribution in [2.75, 3.05) is 13.9 Å². The minimum atomic E-state index is -0.294. The van der Waals surface area contributed by atoms with Crippen molar-refractivity contribution >= 4 is 5.57 Å². The minimum absolute atomic E-state index is 0.254. The van der Waals surface area contributed by atoms with Gasteiger partial charge in [-0.2, -0.15) is 0 Å². The van der Waals surface area contributed by atoms with Gasteiger partial charge in [0, 0.05) is 7.11 Å². The summed E-state index contributed by atoms with van der Waals surface area (Å²) in [6.45, 7) is 2.27. The van der Waals surface area contributed by atoms with Crippen LogP contribution in [0, 0.1) is 0 Å². The molecule has 1 N–H and O–H groups in total. The summed E-state index contributed by atoms with van der Waals surface area (Å²) in [5.74, 6) is 0.801. The van der Waals surface area contributed by atoms with Gasteiger partial charge in [-0.15, -0.1) is 0 Å². The van der Waals surface area contributed by atoms with Crippen LogP contribution >= 0.6 is 0 Å². The Morgan fingerprint density at radius 2 is 2.22 bits per heavy atom. The highest BCUT2D eigenvalue weighted by atomic mass is 16.7. The molecule has 0 bridgehead atoms. The van der Waals surface area contributed by atoms with E-state index in [1.165, 1.54) is 5.57 Å². The summed E-state index contributed by atoms with van der Waals surface area (Å²) in [4.78, 5) is 0. The van der Waals surface area contributed by atoms with Crippen molar-refractivity contribution in [3.05, 3.63) is 35.4 Å². The molecule has 0 aromatic heterocycles. The Kier molecular flexibility index (Phi) is 4.39. The minimum Gasteiger partial charge on any atom is -0.468 e. The highest BCUT2D eigenvalue weighted by molar-refractivity contribution is 5.70. The molecule has 1 atom stereocenters. The second-order valence-corrected chi connectivity index (χ2v) is 4.65. The van der Waals surface area contributed by atoms with E-state index in [2.05, 4.69) is 6.07 Å². The molecule has 1 aromatic rings. The lowest BCUT2D eigenvalue weighted by molar-refractivity contribution is 0.0511. The first kappa shape index (κ1) is 13.1. The third-order valence-corrected chi connectivity index (χ3v) is 3.41. The zero-order chi connectivity index (χ0) is 13.0. The fraction of sp³-hybridized carbons (Fsp3) is 0.467. The monoisotopic (exact) mass is 248 g/mol. The second kappa shape index (κ2) is 6.03. The maximum Gasteiger partial charge on any atom is 0.188 e. The van der Waals surface area contributed by atoms with E-state index < -0.39 is 0 Å². The lowest BCUT2D eigenvalue weighted by Crippen LogP contribution is -2.14. The summed E-state index contributed by atoms with van der Waals surface area (Å²) in [7, 11) is 1.61. The van der Waals surface area contributed by atoms with Crippen molar-refractivity contribution in [3.63, 3.8) is 0 Å². The summed E-state index contributed by atoms with van der Waals surface area (Å²) in [5.41, 5.74) is 3.47. The van der Waals surface area contributed by atoms with Crippen molar-refractivity contribution in [3.8, 4) is 5.75 Å². The molecule has 0 spiro atoms. The van der Waals surface area contributed by atoms with Gasteiger partial charge in [0.1, 0.15) is 5.75 Å². The van der Waals surface area contributed by atoms with E-state index in [4.69, 9.17) is 9.47 Å². The van der Waals surface area contributed by atoms with Crippen LogP contribution in [0.1, 0.15) is 31.7 Å². The normalized spacial score (nSPS) is 20.1. The molecule has 0 aliphatic heterocycles. The largest absolute Gasteiger partial charge is 0.468 e. The van der Waals surface area contributed by atoms with Crippen LogP contribution in [-0.2, 0) is 4.74 Å². The van der Waals surface area contributed by atoms with Crippen LogP contribution in [0.4, 0.5) is 0 Å². The van der Waals surface area contributed by atoms with Crippen molar-refractivity contribution < 1.29 is 14.6 Å². The Morgan fingerprint density at radius 1 is 1.39 bits per heavy atom. The van der Waals surface area contributed by atoms with Crippen LogP contribution in [-0.4, -0.2) is 25.1 Å². The summed E-state index contributed by atoms with van der Waals surface area (Å²) in [6.07, 6.45) is 2.64. The Hall–Kier alpha value is -1.32. The standard InChI is InChI=1S/C15H20O3/c1-11-14(7-4-8-15(11)16)12-5-3-6-13(9-12)18-10-17-2/h3,5-6,9,15-16H,4,7-8,10H2,1-2H3/t15-/m1/s1. The fourth-order valence-electron chi connectivity index (χ4n) is 2.36. The zero-order valence-electron chi connectivity index (χ0n) is 11.0. The van der Waals surface area contributed by atoms with E-state index in [9.17, 15) is 5.11 Å². The maximum atomic E-state index is 9.91. The van der Waals surface area contributed by atoms with Crippen LogP contribution in [0.5, 0.6) is 5.75 Å². The van der Waals surface area contributed by atoms with Crippen molar-refractivity contribution in [2.24, 2.45) is 0 Å². The SMILES string of the molecule is COCOc1cccc(C2=C(C)[C@H](O)CCC2)c1. The molecule has 3 nitrogen and oxygen atoms in total. The van der Waals surface area contributed by atoms with Crippen LogP contribution < -0.4 is 4.74 Å². The molecular weight excluding hydrogens is 228 g/mol. The van der Waals surface area contributed by atoms with Crippen molar-refractivity contribution in [2.45, 2.75) is 32.3 Å². The number of aliphatic hydroxyl groups excluding tert-OH is 1. The topological polar surface area (TPSA) is 38.7 Å². The van der Waals surface area contributed by atoms with Crippen molar-refractivity contribution in [1.82, 2.24) is 0 Å². The number of hydrogen-bond donors (Lipinski definition) is 1. The molecular formula is C15H20O3. The first-order valence-electron chi connectivity index (χ1n) is 6.32. The van der Waals surface area contributed by atoms with E-state index in [0.717, 1.165) is 36.1 Å². The molecule has 0 radical (unpaired) electrons. The van der Waals surface area contributed by atoms with Crippen LogP contribution in [0.25, 0.3) is 5.57 Å². The molecule has 1 aromatic carbocycles. The third-order valence-electron chi connectivity index (χ3n) is 3.41. The first-order valence-corrected chi connectivity index (χ1v) is 6.32. The third kappa shape index (κ3) is 2.92. The number of methoxy groups -OCH3 is 1. The molecule has 98 valence electrons. The van der Waals surface area contributed by atoms with Gasteiger partial charge in [-0.1, -0.05) is 12.1 Å². The average molecular weight is 248 g/mol. The highest BCUT2D eigenvalue weighted by Gasteiger charge is 2.18. The zero-order valence-corrected chi connectivity index (χ0v) is 11.0. The average Bonchev–Trinajstić information content (AvgIpc) is 2.40. The Morgan fingerprint density at radius 3 is 3.00 bits per heavy atom. The number of hydrogen-bond acceptors (Lipinski definition) is 3. The van der Waals surface area contributed by atoms with Gasteiger partial charge in [-0.05, 0) is 55.0 Å².